The summed E-state index contributed by atoms with van der Waals surface area (Å²) in [6.07, 6.45) is 0.785. The zero-order valence-electron chi connectivity index (χ0n) is 7.82. The summed E-state index contributed by atoms with van der Waals surface area (Å²) in [6, 6.07) is 0. The Morgan fingerprint density at radius 2 is 1.92 bits per heavy atom. The van der Waals surface area contributed by atoms with Gasteiger partial charge in [0.05, 0.1) is 12.5 Å². The van der Waals surface area contributed by atoms with Gasteiger partial charge in [0.1, 0.15) is 5.78 Å². The maximum absolute atomic E-state index is 11.0. The quantitative estimate of drug-likeness (QED) is 0.624. The summed E-state index contributed by atoms with van der Waals surface area (Å²) in [5.41, 5.74) is 0. The molecule has 0 fully saturated rings. The van der Waals surface area contributed by atoms with E-state index in [1.807, 2.05) is 6.92 Å². The molecule has 0 aromatic rings. The number of ketones is 1. The van der Waals surface area contributed by atoms with Crippen molar-refractivity contribution in [1.82, 2.24) is 0 Å². The van der Waals surface area contributed by atoms with E-state index in [4.69, 9.17) is 5.11 Å². The predicted octanol–water partition coefficient (Wildman–Crippen LogP) is 0.971. The number of rotatable bonds is 7. The van der Waals surface area contributed by atoms with E-state index in [0.29, 0.717) is 6.42 Å². The fourth-order valence-corrected chi connectivity index (χ4v) is 1.05. The molecule has 0 amide bonds. The minimum atomic E-state index is -0.974. The lowest BCUT2D eigenvalue weighted by Crippen LogP contribution is -2.13. The van der Waals surface area contributed by atoms with Gasteiger partial charge in [-0.15, -0.1) is 0 Å². The van der Waals surface area contributed by atoms with Crippen LogP contribution in [0.3, 0.4) is 0 Å². The molecule has 0 aromatic heterocycles. The first-order valence-corrected chi connectivity index (χ1v) is 4.47. The number of hydrogen-bond acceptors (Lipinski definition) is 3. The van der Waals surface area contributed by atoms with Crippen molar-refractivity contribution in [2.24, 2.45) is 0 Å². The van der Waals surface area contributed by atoms with Crippen LogP contribution in [0, 0.1) is 0 Å². The van der Waals surface area contributed by atoms with Crippen LogP contribution in [-0.4, -0.2) is 28.1 Å². The molecule has 1 atom stereocenters. The standard InChI is InChI=1S/C9H16O4/c1-2-3-7(10)6-8(11)4-5-9(12)13/h7,10H,2-6H2,1H3,(H,12,13). The van der Waals surface area contributed by atoms with Crippen molar-refractivity contribution in [1.29, 1.82) is 0 Å². The van der Waals surface area contributed by atoms with Gasteiger partial charge >= 0.3 is 5.97 Å². The summed E-state index contributed by atoms with van der Waals surface area (Å²) in [6.45, 7) is 1.92. The zero-order chi connectivity index (χ0) is 10.3. The molecule has 0 saturated heterocycles. The molecular formula is C9H16O4. The first-order valence-electron chi connectivity index (χ1n) is 4.47. The monoisotopic (exact) mass is 188 g/mol. The third-order valence-corrected chi connectivity index (χ3v) is 1.70. The number of hydrogen-bond donors (Lipinski definition) is 2. The van der Waals surface area contributed by atoms with Gasteiger partial charge in [-0.3, -0.25) is 9.59 Å². The van der Waals surface area contributed by atoms with Crippen LogP contribution >= 0.6 is 0 Å². The van der Waals surface area contributed by atoms with E-state index in [-0.39, 0.29) is 25.0 Å². The molecule has 0 radical (unpaired) electrons. The largest absolute Gasteiger partial charge is 0.481 e. The predicted molar refractivity (Wildman–Crippen MR) is 47.4 cm³/mol. The Balaban J connectivity index is 3.55. The number of carbonyl (C=O) groups is 2. The molecule has 0 heterocycles. The second-order valence-corrected chi connectivity index (χ2v) is 3.08. The smallest absolute Gasteiger partial charge is 0.303 e. The summed E-state index contributed by atoms with van der Waals surface area (Å²) in [4.78, 5) is 21.1. The number of carboxylic acid groups (broad SMARTS) is 1. The van der Waals surface area contributed by atoms with Crippen LogP contribution in [0.2, 0.25) is 0 Å². The van der Waals surface area contributed by atoms with Gasteiger partial charge < -0.3 is 10.2 Å². The highest BCUT2D eigenvalue weighted by Crippen LogP contribution is 2.04. The van der Waals surface area contributed by atoms with Crippen LogP contribution in [0.15, 0.2) is 0 Å². The number of aliphatic carboxylic acids is 1. The summed E-state index contributed by atoms with van der Waals surface area (Å²) in [5.74, 6) is -1.15. The van der Waals surface area contributed by atoms with Gasteiger partial charge in [0.25, 0.3) is 0 Å². The maximum atomic E-state index is 11.0. The molecule has 4 heteroatoms. The molecule has 0 bridgehead atoms. The lowest BCUT2D eigenvalue weighted by atomic mass is 10.1. The first-order chi connectivity index (χ1) is 6.06. The molecule has 0 rings (SSSR count). The number of carbonyl (C=O) groups excluding carboxylic acids is 1. The van der Waals surface area contributed by atoms with Gasteiger partial charge in [-0.2, -0.15) is 0 Å². The van der Waals surface area contributed by atoms with E-state index in [0.717, 1.165) is 6.42 Å². The molecule has 0 spiro atoms. The molecular weight excluding hydrogens is 172 g/mol. The van der Waals surface area contributed by atoms with Crippen LogP contribution in [-0.2, 0) is 9.59 Å². The Morgan fingerprint density at radius 3 is 2.38 bits per heavy atom. The molecule has 0 saturated carbocycles. The fraction of sp³-hybridized carbons (Fsp3) is 0.778. The molecule has 0 aliphatic carbocycles. The van der Waals surface area contributed by atoms with Crippen LogP contribution in [0.1, 0.15) is 39.0 Å². The van der Waals surface area contributed by atoms with Crippen molar-refractivity contribution < 1.29 is 19.8 Å². The minimum absolute atomic E-state index is 0.0239. The van der Waals surface area contributed by atoms with E-state index in [2.05, 4.69) is 0 Å². The van der Waals surface area contributed by atoms with Crippen molar-refractivity contribution in [3.8, 4) is 0 Å². The van der Waals surface area contributed by atoms with Gasteiger partial charge in [-0.1, -0.05) is 13.3 Å². The molecule has 0 aliphatic rings. The normalized spacial score (nSPS) is 12.5. The van der Waals surface area contributed by atoms with E-state index >= 15 is 0 Å². The topological polar surface area (TPSA) is 74.6 Å². The van der Waals surface area contributed by atoms with Crippen LogP contribution in [0.25, 0.3) is 0 Å². The van der Waals surface area contributed by atoms with E-state index in [9.17, 15) is 14.7 Å². The third-order valence-electron chi connectivity index (χ3n) is 1.70. The van der Waals surface area contributed by atoms with Crippen molar-refractivity contribution in [2.75, 3.05) is 0 Å². The van der Waals surface area contributed by atoms with Crippen molar-refractivity contribution in [2.45, 2.75) is 45.1 Å². The summed E-state index contributed by atoms with van der Waals surface area (Å²) < 4.78 is 0. The second-order valence-electron chi connectivity index (χ2n) is 3.08. The molecule has 0 aliphatic heterocycles. The van der Waals surface area contributed by atoms with Crippen molar-refractivity contribution in [3.05, 3.63) is 0 Å². The van der Waals surface area contributed by atoms with E-state index in [1.54, 1.807) is 0 Å². The van der Waals surface area contributed by atoms with E-state index < -0.39 is 12.1 Å². The average molecular weight is 188 g/mol. The van der Waals surface area contributed by atoms with Crippen molar-refractivity contribution >= 4 is 11.8 Å². The lowest BCUT2D eigenvalue weighted by Gasteiger charge is -2.06. The Kier molecular flexibility index (Phi) is 6.14. The van der Waals surface area contributed by atoms with Crippen LogP contribution < -0.4 is 0 Å². The highest BCUT2D eigenvalue weighted by Gasteiger charge is 2.10. The van der Waals surface area contributed by atoms with Crippen molar-refractivity contribution in [3.63, 3.8) is 0 Å². The highest BCUT2D eigenvalue weighted by molar-refractivity contribution is 5.82. The number of Topliss-reactive ketones (excluding diaryl/α,β-unsaturated/α-hetero) is 1. The maximum Gasteiger partial charge on any atom is 0.303 e. The average Bonchev–Trinajstić information content (AvgIpc) is 2.01. The van der Waals surface area contributed by atoms with Gasteiger partial charge in [-0.05, 0) is 6.42 Å². The first kappa shape index (κ1) is 12.1. The number of aliphatic hydroxyl groups excluding tert-OH is 1. The molecule has 2 N–H and O–H groups in total. The summed E-state index contributed by atoms with van der Waals surface area (Å²) in [7, 11) is 0. The van der Waals surface area contributed by atoms with Gasteiger partial charge in [0.2, 0.25) is 0 Å². The Bertz CT molecular complexity index is 176. The SMILES string of the molecule is CCCC(O)CC(=O)CCC(=O)O. The lowest BCUT2D eigenvalue weighted by molar-refractivity contribution is -0.138. The number of aliphatic hydroxyl groups is 1. The summed E-state index contributed by atoms with van der Waals surface area (Å²) >= 11 is 0. The molecule has 4 nitrogen and oxygen atoms in total. The van der Waals surface area contributed by atoms with Crippen LogP contribution in [0.5, 0.6) is 0 Å². The molecule has 1 unspecified atom stereocenters. The van der Waals surface area contributed by atoms with Gasteiger partial charge in [0.15, 0.2) is 0 Å². The van der Waals surface area contributed by atoms with Crippen LogP contribution in [0.4, 0.5) is 0 Å². The zero-order valence-corrected chi connectivity index (χ0v) is 7.82. The molecule has 0 aromatic carbocycles. The molecule has 13 heavy (non-hydrogen) atoms. The Hall–Kier alpha value is -0.900. The minimum Gasteiger partial charge on any atom is -0.481 e. The fourth-order valence-electron chi connectivity index (χ4n) is 1.05. The third kappa shape index (κ3) is 7.46. The molecule has 76 valence electrons. The number of carboxylic acids is 1. The second kappa shape index (κ2) is 6.60. The van der Waals surface area contributed by atoms with E-state index in [1.165, 1.54) is 0 Å². The highest BCUT2D eigenvalue weighted by atomic mass is 16.4. The Morgan fingerprint density at radius 1 is 1.31 bits per heavy atom. The summed E-state index contributed by atoms with van der Waals surface area (Å²) in [5, 5.41) is 17.5. The van der Waals surface area contributed by atoms with Gasteiger partial charge in [-0.25, -0.2) is 0 Å². The van der Waals surface area contributed by atoms with Gasteiger partial charge in [0, 0.05) is 12.8 Å². The Labute approximate surface area is 77.6 Å².